The molecule has 0 radical (unpaired) electrons. The number of aliphatic hydroxyl groups is 1. The minimum Gasteiger partial charge on any atom is -0.461 e. The third-order valence-electron chi connectivity index (χ3n) is 2.26. The Kier molecular flexibility index (Phi) is 4.06. The third kappa shape index (κ3) is 2.82. The van der Waals surface area contributed by atoms with Crippen LogP contribution >= 0.6 is 0 Å². The van der Waals surface area contributed by atoms with Crippen molar-refractivity contribution in [2.24, 2.45) is 0 Å². The topological polar surface area (TPSA) is 72.6 Å². The molecule has 0 aliphatic carbocycles. The van der Waals surface area contributed by atoms with Gasteiger partial charge in [-0.15, -0.1) is 0 Å². The fourth-order valence-corrected chi connectivity index (χ4v) is 1.44. The molecule has 0 unspecified atom stereocenters. The molecule has 1 rings (SSSR count). The average molecular weight is 227 g/mol. The van der Waals surface area contributed by atoms with Crippen molar-refractivity contribution in [2.75, 3.05) is 6.61 Å². The second-order valence-electron chi connectivity index (χ2n) is 3.82. The number of hydrogen-bond donors (Lipinski definition) is 1. The Balaban J connectivity index is 2.82. The summed E-state index contributed by atoms with van der Waals surface area (Å²) >= 11 is 0. The number of nitrogens with zero attached hydrogens (tertiary/aromatic N) is 1. The van der Waals surface area contributed by atoms with Crippen molar-refractivity contribution in [3.05, 3.63) is 17.5 Å². The highest BCUT2D eigenvalue weighted by Gasteiger charge is 2.28. The van der Waals surface area contributed by atoms with Gasteiger partial charge >= 0.3 is 5.97 Å². The van der Waals surface area contributed by atoms with E-state index in [0.717, 1.165) is 6.42 Å². The Morgan fingerprint density at radius 2 is 2.31 bits per heavy atom. The Morgan fingerprint density at radius 1 is 1.62 bits per heavy atom. The monoisotopic (exact) mass is 227 g/mol. The minimum atomic E-state index is -1.09. The molecule has 1 atom stereocenters. The summed E-state index contributed by atoms with van der Waals surface area (Å²) in [5.74, 6) is -0.248. The van der Waals surface area contributed by atoms with Crippen LogP contribution in [-0.2, 0) is 10.3 Å². The van der Waals surface area contributed by atoms with Crippen LogP contribution in [0.4, 0.5) is 0 Å². The van der Waals surface area contributed by atoms with Gasteiger partial charge in [0, 0.05) is 6.07 Å². The van der Waals surface area contributed by atoms with Crippen molar-refractivity contribution in [1.82, 2.24) is 5.16 Å². The van der Waals surface area contributed by atoms with Crippen molar-refractivity contribution in [1.29, 1.82) is 0 Å². The summed E-state index contributed by atoms with van der Waals surface area (Å²) in [4.78, 5) is 11.3. The van der Waals surface area contributed by atoms with Crippen LogP contribution < -0.4 is 0 Å². The van der Waals surface area contributed by atoms with E-state index in [9.17, 15) is 9.90 Å². The summed E-state index contributed by atoms with van der Waals surface area (Å²) in [6, 6.07) is 1.42. The first kappa shape index (κ1) is 12.7. The van der Waals surface area contributed by atoms with E-state index in [2.05, 4.69) is 5.16 Å². The van der Waals surface area contributed by atoms with Crippen LogP contribution in [0.3, 0.4) is 0 Å². The van der Waals surface area contributed by atoms with Gasteiger partial charge in [-0.25, -0.2) is 4.79 Å². The molecular weight excluding hydrogens is 210 g/mol. The van der Waals surface area contributed by atoms with Crippen LogP contribution in [0, 0.1) is 0 Å². The molecule has 1 aromatic heterocycles. The molecule has 0 aliphatic rings. The SMILES string of the molecule is CCC[C@@](C)(O)c1cc(C(=O)OCC)no1. The highest BCUT2D eigenvalue weighted by Crippen LogP contribution is 2.26. The van der Waals surface area contributed by atoms with Gasteiger partial charge in [0.25, 0.3) is 0 Å². The summed E-state index contributed by atoms with van der Waals surface area (Å²) in [5.41, 5.74) is -1.000. The minimum absolute atomic E-state index is 0.0910. The lowest BCUT2D eigenvalue weighted by Crippen LogP contribution is -2.19. The molecule has 16 heavy (non-hydrogen) atoms. The Bertz CT molecular complexity index is 357. The molecule has 90 valence electrons. The summed E-state index contributed by atoms with van der Waals surface area (Å²) in [7, 11) is 0. The lowest BCUT2D eigenvalue weighted by molar-refractivity contribution is 0.0188. The van der Waals surface area contributed by atoms with Crippen molar-refractivity contribution in [2.45, 2.75) is 39.2 Å². The fraction of sp³-hybridized carbons (Fsp3) is 0.636. The molecule has 0 amide bonds. The number of carbonyl (C=O) groups excluding carboxylic acids is 1. The molecule has 0 bridgehead atoms. The second kappa shape index (κ2) is 5.12. The number of carbonyl (C=O) groups is 1. The van der Waals surface area contributed by atoms with Gasteiger partial charge in [-0.05, 0) is 20.3 Å². The molecule has 5 heteroatoms. The van der Waals surface area contributed by atoms with E-state index in [4.69, 9.17) is 9.26 Å². The first-order valence-corrected chi connectivity index (χ1v) is 5.38. The van der Waals surface area contributed by atoms with Crippen molar-refractivity contribution < 1.29 is 19.2 Å². The first-order valence-electron chi connectivity index (χ1n) is 5.38. The highest BCUT2D eigenvalue weighted by atomic mass is 16.5. The number of hydrogen-bond acceptors (Lipinski definition) is 5. The molecule has 0 spiro atoms. The van der Waals surface area contributed by atoms with Crippen LogP contribution in [0.1, 0.15) is 49.9 Å². The van der Waals surface area contributed by atoms with E-state index in [1.807, 2.05) is 6.92 Å². The number of esters is 1. The molecule has 0 fully saturated rings. The lowest BCUT2D eigenvalue weighted by Gasteiger charge is -2.18. The summed E-state index contributed by atoms with van der Waals surface area (Å²) in [6.45, 7) is 5.58. The number of rotatable bonds is 5. The maximum absolute atomic E-state index is 11.3. The smallest absolute Gasteiger partial charge is 0.360 e. The summed E-state index contributed by atoms with van der Waals surface area (Å²) in [6.07, 6.45) is 1.35. The lowest BCUT2D eigenvalue weighted by atomic mass is 9.97. The van der Waals surface area contributed by atoms with E-state index < -0.39 is 11.6 Å². The zero-order chi connectivity index (χ0) is 12.2. The predicted octanol–water partition coefficient (Wildman–Crippen LogP) is 1.86. The zero-order valence-electron chi connectivity index (χ0n) is 9.82. The van der Waals surface area contributed by atoms with Gasteiger partial charge in [0.2, 0.25) is 0 Å². The Labute approximate surface area is 94.4 Å². The van der Waals surface area contributed by atoms with E-state index in [1.165, 1.54) is 6.07 Å². The van der Waals surface area contributed by atoms with E-state index >= 15 is 0 Å². The molecular formula is C11H17NO4. The van der Waals surface area contributed by atoms with Gasteiger partial charge in [-0.2, -0.15) is 0 Å². The molecule has 1 heterocycles. The van der Waals surface area contributed by atoms with Crippen LogP contribution in [0.15, 0.2) is 10.6 Å². The first-order chi connectivity index (χ1) is 7.51. The quantitative estimate of drug-likeness (QED) is 0.777. The van der Waals surface area contributed by atoms with E-state index in [0.29, 0.717) is 6.42 Å². The third-order valence-corrected chi connectivity index (χ3v) is 2.26. The molecule has 0 aromatic carbocycles. The van der Waals surface area contributed by atoms with Gasteiger partial charge in [-0.3, -0.25) is 0 Å². The van der Waals surface area contributed by atoms with Gasteiger partial charge in [0.05, 0.1) is 6.61 Å². The maximum Gasteiger partial charge on any atom is 0.360 e. The molecule has 0 saturated carbocycles. The molecule has 5 nitrogen and oxygen atoms in total. The number of ether oxygens (including phenoxy) is 1. The molecule has 1 aromatic rings. The highest BCUT2D eigenvalue weighted by molar-refractivity contribution is 5.87. The van der Waals surface area contributed by atoms with Gasteiger partial charge < -0.3 is 14.4 Å². The van der Waals surface area contributed by atoms with Crippen molar-refractivity contribution >= 4 is 5.97 Å². The Hall–Kier alpha value is -1.36. The fourth-order valence-electron chi connectivity index (χ4n) is 1.44. The van der Waals surface area contributed by atoms with Gasteiger partial charge in [-0.1, -0.05) is 18.5 Å². The normalized spacial score (nSPS) is 14.5. The van der Waals surface area contributed by atoms with Crippen molar-refractivity contribution in [3.63, 3.8) is 0 Å². The second-order valence-corrected chi connectivity index (χ2v) is 3.82. The van der Waals surface area contributed by atoms with E-state index in [-0.39, 0.29) is 18.1 Å². The largest absolute Gasteiger partial charge is 0.461 e. The standard InChI is InChI=1S/C11H17NO4/c1-4-6-11(3,14)9-7-8(12-16-9)10(13)15-5-2/h7,14H,4-6H2,1-3H3/t11-/m1/s1. The zero-order valence-corrected chi connectivity index (χ0v) is 9.82. The maximum atomic E-state index is 11.3. The van der Waals surface area contributed by atoms with Gasteiger partial charge in [0.15, 0.2) is 11.5 Å². The average Bonchev–Trinajstić information content (AvgIpc) is 2.67. The van der Waals surface area contributed by atoms with Gasteiger partial charge in [0.1, 0.15) is 5.60 Å². The van der Waals surface area contributed by atoms with Crippen LogP contribution in [0.5, 0.6) is 0 Å². The molecule has 0 saturated heterocycles. The van der Waals surface area contributed by atoms with Crippen molar-refractivity contribution in [3.8, 4) is 0 Å². The summed E-state index contributed by atoms with van der Waals surface area (Å²) < 4.78 is 9.72. The van der Waals surface area contributed by atoms with Crippen LogP contribution in [0.25, 0.3) is 0 Å². The Morgan fingerprint density at radius 3 is 2.88 bits per heavy atom. The van der Waals surface area contributed by atoms with E-state index in [1.54, 1.807) is 13.8 Å². The molecule has 1 N–H and O–H groups in total. The molecule has 0 aliphatic heterocycles. The van der Waals surface area contributed by atoms with Crippen LogP contribution in [-0.4, -0.2) is 22.8 Å². The van der Waals surface area contributed by atoms with Crippen LogP contribution in [0.2, 0.25) is 0 Å². The predicted molar refractivity (Wildman–Crippen MR) is 56.9 cm³/mol. The summed E-state index contributed by atoms with van der Waals surface area (Å²) in [5, 5.41) is 13.6. The number of aromatic nitrogens is 1.